The van der Waals surface area contributed by atoms with Gasteiger partial charge in [-0.15, -0.1) is 0 Å². The maximum atomic E-state index is 13.3. The molecule has 212 valence electrons. The lowest BCUT2D eigenvalue weighted by atomic mass is 10.1. The molecule has 2 aromatic carbocycles. The van der Waals surface area contributed by atoms with E-state index < -0.39 is 36.5 Å². The van der Waals surface area contributed by atoms with Crippen molar-refractivity contribution in [1.82, 2.24) is 10.2 Å². The largest absolute Gasteiger partial charge is 0.489 e. The van der Waals surface area contributed by atoms with Crippen molar-refractivity contribution < 1.29 is 38.6 Å². The van der Waals surface area contributed by atoms with Gasteiger partial charge in [0, 0.05) is 6.54 Å². The second-order valence-electron chi connectivity index (χ2n) is 9.63. The Labute approximate surface area is 232 Å². The van der Waals surface area contributed by atoms with Crippen molar-refractivity contribution >= 4 is 35.3 Å². The molecule has 11 nitrogen and oxygen atoms in total. The summed E-state index contributed by atoms with van der Waals surface area (Å²) < 4.78 is 11.0. The van der Waals surface area contributed by atoms with Gasteiger partial charge in [0.25, 0.3) is 11.8 Å². The molecule has 0 unspecified atom stereocenters. The van der Waals surface area contributed by atoms with Crippen molar-refractivity contribution in [2.45, 2.75) is 51.1 Å². The first kappa shape index (κ1) is 28.8. The predicted molar refractivity (Wildman–Crippen MR) is 144 cm³/mol. The molecule has 0 aromatic heterocycles. The quantitative estimate of drug-likeness (QED) is 0.218. The van der Waals surface area contributed by atoms with Crippen molar-refractivity contribution in [3.8, 4) is 5.75 Å². The number of amides is 3. The van der Waals surface area contributed by atoms with Crippen LogP contribution in [0.15, 0.2) is 48.5 Å². The van der Waals surface area contributed by atoms with Crippen LogP contribution < -0.4 is 15.0 Å². The number of carboxylic acid groups (broad SMARTS) is 1. The van der Waals surface area contributed by atoms with Gasteiger partial charge in [0.1, 0.15) is 31.0 Å². The zero-order chi connectivity index (χ0) is 28.6. The fourth-order valence-corrected chi connectivity index (χ4v) is 4.94. The molecule has 0 fully saturated rings. The molecule has 40 heavy (non-hydrogen) atoms. The second kappa shape index (κ2) is 13.2. The van der Waals surface area contributed by atoms with E-state index in [0.29, 0.717) is 48.4 Å². The summed E-state index contributed by atoms with van der Waals surface area (Å²) in [5.74, 6) is -2.36. The molecule has 2 aromatic rings. The van der Waals surface area contributed by atoms with Gasteiger partial charge in [0.15, 0.2) is 0 Å². The smallest absolute Gasteiger partial charge is 0.323 e. The third-order valence-corrected chi connectivity index (χ3v) is 6.90. The standard InChI is InChI=1S/C29H33N3O8/c1-2-39-29(38)21(13-5-3-4-10-16-31-26(35)19-11-6-7-12-20(19)27(31)36)30-22-18-40-24-15-9-8-14-23(24)32(28(22)37)17-25(33)34/h6-9,11-12,14-15,21-22,30H,2-5,10,13,16-18H2,1H3,(H,33,34)/t21-,22-/m0/s1. The van der Waals surface area contributed by atoms with E-state index in [9.17, 15) is 29.1 Å². The first-order chi connectivity index (χ1) is 19.3. The number of para-hydroxylation sites is 2. The van der Waals surface area contributed by atoms with Gasteiger partial charge in [-0.2, -0.15) is 0 Å². The molecule has 2 N–H and O–H groups in total. The summed E-state index contributed by atoms with van der Waals surface area (Å²) in [6.07, 6.45) is 3.09. The Morgan fingerprint density at radius 3 is 2.30 bits per heavy atom. The van der Waals surface area contributed by atoms with Crippen LogP contribution in [0.25, 0.3) is 0 Å². The number of imide groups is 1. The Balaban J connectivity index is 1.31. The number of fused-ring (bicyclic) bond motifs is 2. The Morgan fingerprint density at radius 2 is 1.62 bits per heavy atom. The normalized spacial score (nSPS) is 17.1. The molecule has 0 aliphatic carbocycles. The maximum Gasteiger partial charge on any atom is 0.323 e. The lowest BCUT2D eigenvalue weighted by Crippen LogP contribution is -2.54. The topological polar surface area (TPSA) is 143 Å². The third-order valence-electron chi connectivity index (χ3n) is 6.90. The van der Waals surface area contributed by atoms with Crippen molar-refractivity contribution in [1.29, 1.82) is 0 Å². The van der Waals surface area contributed by atoms with E-state index in [2.05, 4.69) is 5.32 Å². The summed E-state index contributed by atoms with van der Waals surface area (Å²) >= 11 is 0. The molecule has 0 spiro atoms. The van der Waals surface area contributed by atoms with Crippen LogP contribution in [0.2, 0.25) is 0 Å². The van der Waals surface area contributed by atoms with Crippen LogP contribution >= 0.6 is 0 Å². The molecular weight excluding hydrogens is 518 g/mol. The summed E-state index contributed by atoms with van der Waals surface area (Å²) in [6, 6.07) is 11.7. The van der Waals surface area contributed by atoms with E-state index in [1.807, 2.05) is 0 Å². The fourth-order valence-electron chi connectivity index (χ4n) is 4.94. The summed E-state index contributed by atoms with van der Waals surface area (Å²) in [4.78, 5) is 65.0. The van der Waals surface area contributed by atoms with Crippen molar-refractivity contribution in [2.24, 2.45) is 0 Å². The van der Waals surface area contributed by atoms with Gasteiger partial charge in [0.2, 0.25) is 5.91 Å². The lowest BCUT2D eigenvalue weighted by molar-refractivity contribution is -0.146. The number of rotatable bonds is 13. The zero-order valence-corrected chi connectivity index (χ0v) is 22.3. The predicted octanol–water partition coefficient (Wildman–Crippen LogP) is 2.63. The number of ether oxygens (including phenoxy) is 2. The Kier molecular flexibility index (Phi) is 9.49. The number of aliphatic carboxylic acids is 1. The van der Waals surface area contributed by atoms with Gasteiger partial charge in [-0.05, 0) is 44.0 Å². The average Bonchev–Trinajstić information content (AvgIpc) is 3.11. The summed E-state index contributed by atoms with van der Waals surface area (Å²) in [7, 11) is 0. The van der Waals surface area contributed by atoms with E-state index in [0.717, 1.165) is 17.7 Å². The van der Waals surface area contributed by atoms with Crippen molar-refractivity contribution in [3.05, 3.63) is 59.7 Å². The highest BCUT2D eigenvalue weighted by Crippen LogP contribution is 2.31. The SMILES string of the molecule is CCOC(=O)[C@H](CCCCCCN1C(=O)c2ccccc2C1=O)N[C@H]1COc2ccccc2N(CC(=O)O)C1=O. The Morgan fingerprint density at radius 1 is 0.975 bits per heavy atom. The molecule has 4 rings (SSSR count). The summed E-state index contributed by atoms with van der Waals surface area (Å²) in [6.45, 7) is 1.55. The zero-order valence-electron chi connectivity index (χ0n) is 22.3. The van der Waals surface area contributed by atoms with E-state index in [1.54, 1.807) is 55.5 Å². The number of carbonyl (C=O) groups is 5. The first-order valence-electron chi connectivity index (χ1n) is 13.4. The first-order valence-corrected chi connectivity index (χ1v) is 13.4. The van der Waals surface area contributed by atoms with E-state index in [4.69, 9.17) is 9.47 Å². The lowest BCUT2D eigenvalue weighted by Gasteiger charge is -2.26. The number of hydrogen-bond acceptors (Lipinski definition) is 8. The molecule has 2 aliphatic rings. The number of unbranched alkanes of at least 4 members (excludes halogenated alkanes) is 3. The monoisotopic (exact) mass is 551 g/mol. The summed E-state index contributed by atoms with van der Waals surface area (Å²) in [5, 5.41) is 12.4. The molecule has 0 saturated heterocycles. The Hall–Kier alpha value is -4.25. The number of esters is 1. The molecule has 0 bridgehead atoms. The number of nitrogens with zero attached hydrogens (tertiary/aromatic N) is 2. The molecule has 11 heteroatoms. The number of benzene rings is 2. The van der Waals surface area contributed by atoms with E-state index in [1.165, 1.54) is 4.90 Å². The number of carbonyl (C=O) groups excluding carboxylic acids is 4. The van der Waals surface area contributed by atoms with Gasteiger partial charge in [-0.1, -0.05) is 43.5 Å². The van der Waals surface area contributed by atoms with Crippen LogP contribution in [0.1, 0.15) is 59.7 Å². The number of nitrogens with one attached hydrogen (secondary N) is 1. The van der Waals surface area contributed by atoms with Gasteiger partial charge in [-0.3, -0.25) is 39.1 Å². The van der Waals surface area contributed by atoms with Crippen molar-refractivity contribution in [2.75, 3.05) is 31.2 Å². The number of carboxylic acids is 1. The molecule has 2 atom stereocenters. The number of anilines is 1. The van der Waals surface area contributed by atoms with Crippen LogP contribution in [-0.2, 0) is 19.1 Å². The molecule has 0 radical (unpaired) electrons. The van der Waals surface area contributed by atoms with Crippen LogP contribution in [0.4, 0.5) is 5.69 Å². The number of hydrogen-bond donors (Lipinski definition) is 2. The van der Waals surface area contributed by atoms with Gasteiger partial charge < -0.3 is 14.6 Å². The average molecular weight is 552 g/mol. The molecular formula is C29H33N3O8. The third kappa shape index (κ3) is 6.48. The van der Waals surface area contributed by atoms with Gasteiger partial charge in [0.05, 0.1) is 23.4 Å². The Bertz CT molecular complexity index is 1240. The minimum Gasteiger partial charge on any atom is -0.489 e. The highest BCUT2D eigenvalue weighted by Gasteiger charge is 2.36. The molecule has 2 heterocycles. The second-order valence-corrected chi connectivity index (χ2v) is 9.63. The summed E-state index contributed by atoms with van der Waals surface area (Å²) in [5.41, 5.74) is 1.21. The molecule has 2 aliphatic heterocycles. The highest BCUT2D eigenvalue weighted by molar-refractivity contribution is 6.21. The maximum absolute atomic E-state index is 13.3. The van der Waals surface area contributed by atoms with Crippen LogP contribution in [-0.4, -0.2) is 78.1 Å². The van der Waals surface area contributed by atoms with Crippen LogP contribution in [0.5, 0.6) is 5.75 Å². The fraction of sp³-hybridized carbons (Fsp3) is 0.414. The van der Waals surface area contributed by atoms with Crippen LogP contribution in [0.3, 0.4) is 0 Å². The minimum atomic E-state index is -1.17. The molecule has 3 amide bonds. The van der Waals surface area contributed by atoms with Crippen LogP contribution in [0, 0.1) is 0 Å². The van der Waals surface area contributed by atoms with Gasteiger partial charge in [-0.25, -0.2) is 0 Å². The van der Waals surface area contributed by atoms with E-state index >= 15 is 0 Å². The highest BCUT2D eigenvalue weighted by atomic mass is 16.5. The van der Waals surface area contributed by atoms with E-state index in [-0.39, 0.29) is 25.0 Å². The molecule has 0 saturated carbocycles. The minimum absolute atomic E-state index is 0.0812. The van der Waals surface area contributed by atoms with Gasteiger partial charge >= 0.3 is 11.9 Å². The van der Waals surface area contributed by atoms with Crippen molar-refractivity contribution in [3.63, 3.8) is 0 Å².